The van der Waals surface area contributed by atoms with Gasteiger partial charge in [-0.25, -0.2) is 13.5 Å². The number of hydrogen-bond acceptors (Lipinski definition) is 5. The minimum Gasteiger partial charge on any atom is -0.381 e. The van der Waals surface area contributed by atoms with Crippen molar-refractivity contribution in [1.29, 1.82) is 0 Å². The van der Waals surface area contributed by atoms with Crippen molar-refractivity contribution in [2.24, 2.45) is 0 Å². The lowest BCUT2D eigenvalue weighted by molar-refractivity contribution is -0.0343. The quantitative estimate of drug-likeness (QED) is 0.525. The van der Waals surface area contributed by atoms with Crippen LogP contribution in [0.4, 0.5) is 8.78 Å². The number of benzene rings is 2. The van der Waals surface area contributed by atoms with Gasteiger partial charge in [-0.2, -0.15) is 0 Å². The summed E-state index contributed by atoms with van der Waals surface area (Å²) in [4.78, 5) is 13.1. The van der Waals surface area contributed by atoms with Crippen molar-refractivity contribution in [3.63, 3.8) is 0 Å². The van der Waals surface area contributed by atoms with Gasteiger partial charge in [0.05, 0.1) is 12.6 Å². The fourth-order valence-electron chi connectivity index (χ4n) is 3.55. The number of rotatable bonds is 5. The molecule has 0 aliphatic carbocycles. The van der Waals surface area contributed by atoms with Crippen LogP contribution in [0, 0.1) is 11.6 Å². The van der Waals surface area contributed by atoms with Crippen LogP contribution in [0.2, 0.25) is 5.02 Å². The second-order valence-corrected chi connectivity index (χ2v) is 7.43. The molecule has 30 heavy (non-hydrogen) atoms. The van der Waals surface area contributed by atoms with Gasteiger partial charge < -0.3 is 9.67 Å². The summed E-state index contributed by atoms with van der Waals surface area (Å²) < 4.78 is 30.7. The summed E-state index contributed by atoms with van der Waals surface area (Å²) >= 11 is 5.99. The van der Waals surface area contributed by atoms with E-state index in [2.05, 4.69) is 15.5 Å². The molecule has 0 radical (unpaired) electrons. The number of nitrogens with zero attached hydrogens (tertiary/aromatic N) is 5. The minimum absolute atomic E-state index is 0.185. The zero-order chi connectivity index (χ0) is 21.5. The van der Waals surface area contributed by atoms with Crippen molar-refractivity contribution in [2.75, 3.05) is 0 Å². The van der Waals surface area contributed by atoms with E-state index in [4.69, 9.17) is 11.6 Å². The lowest BCUT2D eigenvalue weighted by atomic mass is 9.86. The van der Waals surface area contributed by atoms with Crippen LogP contribution in [0.25, 0.3) is 10.8 Å². The van der Waals surface area contributed by atoms with Gasteiger partial charge in [0.2, 0.25) is 0 Å². The van der Waals surface area contributed by atoms with E-state index in [1.165, 1.54) is 21.8 Å². The summed E-state index contributed by atoms with van der Waals surface area (Å²) in [6.45, 7) is 1.30. The molecule has 2 atom stereocenters. The largest absolute Gasteiger partial charge is 0.381 e. The molecule has 2 aromatic carbocycles. The van der Waals surface area contributed by atoms with Crippen LogP contribution in [0.5, 0.6) is 0 Å². The Hall–Kier alpha value is -3.17. The topological polar surface area (TPSA) is 85.8 Å². The van der Waals surface area contributed by atoms with Gasteiger partial charge in [0.25, 0.3) is 5.56 Å². The molecule has 0 fully saturated rings. The molecule has 4 aromatic rings. The molecule has 2 heterocycles. The third-order valence-corrected chi connectivity index (χ3v) is 5.43. The van der Waals surface area contributed by atoms with Gasteiger partial charge in [0.15, 0.2) is 0 Å². The van der Waals surface area contributed by atoms with Crippen LogP contribution in [0.3, 0.4) is 0 Å². The molecule has 0 spiro atoms. The van der Waals surface area contributed by atoms with Crippen LogP contribution in [0.1, 0.15) is 18.5 Å². The standard InChI is InChI=1S/C20H16ClF2N5O2/c1-12(28-7-6-13-8-14(21)2-4-16(13)19(28)29)20(30,10-27-11-24-25-26-27)17-5-3-15(22)9-18(17)23/h2-9,11-12,30H,10H2,1H3/t12-,20-/m1/s1. The Morgan fingerprint density at radius 2 is 2.00 bits per heavy atom. The average Bonchev–Trinajstić information content (AvgIpc) is 3.20. The van der Waals surface area contributed by atoms with Crippen molar-refractivity contribution in [2.45, 2.75) is 25.1 Å². The fourth-order valence-corrected chi connectivity index (χ4v) is 3.73. The second-order valence-electron chi connectivity index (χ2n) is 6.99. The molecule has 0 unspecified atom stereocenters. The summed E-state index contributed by atoms with van der Waals surface area (Å²) in [6.07, 6.45) is 2.75. The number of tetrazole rings is 1. The molecule has 7 nitrogen and oxygen atoms in total. The predicted molar refractivity (Wildman–Crippen MR) is 106 cm³/mol. The maximum absolute atomic E-state index is 14.7. The predicted octanol–water partition coefficient (Wildman–Crippen LogP) is 3.07. The zero-order valence-electron chi connectivity index (χ0n) is 15.7. The first-order valence-corrected chi connectivity index (χ1v) is 9.36. The lowest BCUT2D eigenvalue weighted by Crippen LogP contribution is -2.43. The molecule has 154 valence electrons. The molecule has 0 aliphatic rings. The zero-order valence-corrected chi connectivity index (χ0v) is 16.5. The van der Waals surface area contributed by atoms with Crippen LogP contribution >= 0.6 is 11.6 Å². The van der Waals surface area contributed by atoms with Gasteiger partial charge >= 0.3 is 0 Å². The van der Waals surface area contributed by atoms with E-state index < -0.39 is 28.8 Å². The molecule has 0 saturated carbocycles. The molecule has 4 rings (SSSR count). The third-order valence-electron chi connectivity index (χ3n) is 5.19. The van der Waals surface area contributed by atoms with Crippen molar-refractivity contribution in [3.8, 4) is 0 Å². The minimum atomic E-state index is -1.98. The summed E-state index contributed by atoms with van der Waals surface area (Å²) in [5.41, 5.74) is -2.55. The number of aromatic nitrogens is 5. The fraction of sp³-hybridized carbons (Fsp3) is 0.200. The highest BCUT2D eigenvalue weighted by Crippen LogP contribution is 2.36. The number of hydrogen-bond donors (Lipinski definition) is 1. The van der Waals surface area contributed by atoms with Gasteiger partial charge in [-0.05, 0) is 53.1 Å². The Morgan fingerprint density at radius 3 is 2.70 bits per heavy atom. The highest BCUT2D eigenvalue weighted by atomic mass is 35.5. The summed E-state index contributed by atoms with van der Waals surface area (Å²) in [6, 6.07) is 8.41. The van der Waals surface area contributed by atoms with Crippen LogP contribution in [-0.2, 0) is 12.1 Å². The third kappa shape index (κ3) is 3.46. The Kier molecular flexibility index (Phi) is 5.08. The molecule has 0 amide bonds. The van der Waals surface area contributed by atoms with Crippen LogP contribution in [-0.4, -0.2) is 29.9 Å². The summed E-state index contributed by atoms with van der Waals surface area (Å²) in [5, 5.41) is 23.9. The van der Waals surface area contributed by atoms with Crippen LogP contribution < -0.4 is 5.56 Å². The van der Waals surface area contributed by atoms with E-state index in [-0.39, 0.29) is 12.1 Å². The number of halogens is 3. The first kappa shape index (κ1) is 20.1. The van der Waals surface area contributed by atoms with Crippen molar-refractivity contribution >= 4 is 22.4 Å². The summed E-state index contributed by atoms with van der Waals surface area (Å²) in [7, 11) is 0. The Morgan fingerprint density at radius 1 is 1.20 bits per heavy atom. The summed E-state index contributed by atoms with van der Waals surface area (Å²) in [5.74, 6) is -1.73. The van der Waals surface area contributed by atoms with Gasteiger partial charge in [0.1, 0.15) is 23.6 Å². The van der Waals surface area contributed by atoms with Gasteiger partial charge in [-0.3, -0.25) is 4.79 Å². The lowest BCUT2D eigenvalue weighted by Gasteiger charge is -2.35. The second kappa shape index (κ2) is 7.58. The van der Waals surface area contributed by atoms with Crippen molar-refractivity contribution < 1.29 is 13.9 Å². The molecular formula is C20H16ClF2N5O2. The average molecular weight is 432 g/mol. The van der Waals surface area contributed by atoms with Crippen molar-refractivity contribution in [1.82, 2.24) is 24.8 Å². The maximum Gasteiger partial charge on any atom is 0.258 e. The monoisotopic (exact) mass is 431 g/mol. The molecule has 2 aromatic heterocycles. The Balaban J connectivity index is 1.88. The van der Waals surface area contributed by atoms with Crippen molar-refractivity contribution in [3.05, 3.63) is 87.6 Å². The Bertz CT molecular complexity index is 1280. The van der Waals surface area contributed by atoms with Crippen LogP contribution in [0.15, 0.2) is 59.8 Å². The van der Waals surface area contributed by atoms with Gasteiger partial charge in [-0.15, -0.1) is 5.10 Å². The SMILES string of the molecule is C[C@@H](n1ccc2cc(Cl)ccc2c1=O)[C@](O)(Cn1cnnn1)c1ccc(F)cc1F. The number of fused-ring (bicyclic) bond motifs is 1. The van der Waals surface area contributed by atoms with E-state index in [0.29, 0.717) is 21.9 Å². The maximum atomic E-state index is 14.7. The van der Waals surface area contributed by atoms with Gasteiger partial charge in [0, 0.05) is 28.2 Å². The molecule has 0 aliphatic heterocycles. The number of pyridine rings is 1. The first-order chi connectivity index (χ1) is 14.3. The van der Waals surface area contributed by atoms with E-state index in [1.807, 2.05) is 0 Å². The van der Waals surface area contributed by atoms with E-state index in [1.54, 1.807) is 31.2 Å². The smallest absolute Gasteiger partial charge is 0.258 e. The molecule has 1 N–H and O–H groups in total. The van der Waals surface area contributed by atoms with E-state index in [9.17, 15) is 18.7 Å². The van der Waals surface area contributed by atoms with E-state index in [0.717, 1.165) is 12.1 Å². The van der Waals surface area contributed by atoms with E-state index >= 15 is 0 Å². The Labute approximate surface area is 174 Å². The molecule has 0 saturated heterocycles. The normalized spacial score (nSPS) is 14.6. The highest BCUT2D eigenvalue weighted by molar-refractivity contribution is 6.31. The highest BCUT2D eigenvalue weighted by Gasteiger charge is 2.40. The molecule has 10 heteroatoms. The number of aliphatic hydroxyl groups is 1. The molecular weight excluding hydrogens is 416 g/mol. The first-order valence-electron chi connectivity index (χ1n) is 8.98. The molecule has 0 bridgehead atoms. The van der Waals surface area contributed by atoms with Gasteiger partial charge in [-0.1, -0.05) is 17.7 Å².